The van der Waals surface area contributed by atoms with Gasteiger partial charge in [-0.1, -0.05) is 33.3 Å². The average Bonchev–Trinajstić information content (AvgIpc) is 2.73. The monoisotopic (exact) mass is 412 g/mol. The van der Waals surface area contributed by atoms with E-state index in [1.807, 2.05) is 20.8 Å². The fourth-order valence-corrected chi connectivity index (χ4v) is 7.01. The SMILES string of the molecule is CC1(C)C(=O)C(C#N)=C[C@]2(C)C3=CC(=O)[C@H](CN4CCCCC4)C[C@]3(CF)CC[C@@H]12. The van der Waals surface area contributed by atoms with Crippen LogP contribution in [0.2, 0.25) is 0 Å². The van der Waals surface area contributed by atoms with E-state index in [0.717, 1.165) is 25.1 Å². The molecule has 4 nitrogen and oxygen atoms in total. The third-order valence-electron chi connectivity index (χ3n) is 8.56. The number of hydrogen-bond acceptors (Lipinski definition) is 4. The van der Waals surface area contributed by atoms with E-state index in [-0.39, 0.29) is 29.0 Å². The molecule has 0 aromatic heterocycles. The number of ketones is 2. The van der Waals surface area contributed by atoms with Crippen molar-refractivity contribution in [1.29, 1.82) is 5.26 Å². The van der Waals surface area contributed by atoms with Crippen molar-refractivity contribution in [2.24, 2.45) is 28.1 Å². The number of hydrogen-bond donors (Lipinski definition) is 0. The van der Waals surface area contributed by atoms with Gasteiger partial charge in [0.25, 0.3) is 0 Å². The molecule has 30 heavy (non-hydrogen) atoms. The van der Waals surface area contributed by atoms with Gasteiger partial charge in [0.05, 0.1) is 12.2 Å². The summed E-state index contributed by atoms with van der Waals surface area (Å²) in [5.41, 5.74) is -1.03. The van der Waals surface area contributed by atoms with Crippen LogP contribution in [0, 0.1) is 39.4 Å². The van der Waals surface area contributed by atoms with Gasteiger partial charge in [-0.05, 0) is 62.8 Å². The van der Waals surface area contributed by atoms with E-state index in [1.165, 1.54) is 19.3 Å². The van der Waals surface area contributed by atoms with Crippen molar-refractivity contribution in [2.45, 2.75) is 59.3 Å². The molecule has 1 heterocycles. The Bertz CT molecular complexity index is 861. The van der Waals surface area contributed by atoms with Crippen LogP contribution in [0.25, 0.3) is 0 Å². The molecule has 4 rings (SSSR count). The maximum Gasteiger partial charge on any atom is 0.178 e. The molecular formula is C25H33FN2O2. The van der Waals surface area contributed by atoms with Crippen LogP contribution in [-0.2, 0) is 9.59 Å². The van der Waals surface area contributed by atoms with Crippen LogP contribution in [0.5, 0.6) is 0 Å². The van der Waals surface area contributed by atoms with Gasteiger partial charge in [-0.25, -0.2) is 0 Å². The number of alkyl halides is 1. The normalized spacial score (nSPS) is 38.8. The van der Waals surface area contributed by atoms with Gasteiger partial charge in [0.15, 0.2) is 11.6 Å². The Kier molecular flexibility index (Phi) is 5.29. The summed E-state index contributed by atoms with van der Waals surface area (Å²) in [6.45, 7) is 8.07. The van der Waals surface area contributed by atoms with Crippen molar-refractivity contribution in [3.63, 3.8) is 0 Å². The van der Waals surface area contributed by atoms with E-state index in [9.17, 15) is 19.2 Å². The Labute approximate surface area is 179 Å². The van der Waals surface area contributed by atoms with Crippen molar-refractivity contribution in [3.05, 3.63) is 23.3 Å². The maximum atomic E-state index is 14.7. The molecule has 0 amide bonds. The van der Waals surface area contributed by atoms with Crippen LogP contribution in [0.3, 0.4) is 0 Å². The van der Waals surface area contributed by atoms with E-state index in [4.69, 9.17) is 0 Å². The number of likely N-dealkylation sites (tertiary alicyclic amines) is 1. The molecule has 2 fully saturated rings. The van der Waals surface area contributed by atoms with Crippen LogP contribution < -0.4 is 0 Å². The number of carbonyl (C=O) groups is 2. The Hall–Kier alpha value is -1.80. The van der Waals surface area contributed by atoms with Crippen molar-refractivity contribution in [3.8, 4) is 6.07 Å². The number of Topliss-reactive ketones (excluding diaryl/α,β-unsaturated/α-hetero) is 1. The summed E-state index contributed by atoms with van der Waals surface area (Å²) in [5.74, 6) is -0.249. The molecule has 0 bridgehead atoms. The molecule has 0 aromatic rings. The summed E-state index contributed by atoms with van der Waals surface area (Å²) in [6, 6.07) is 2.07. The van der Waals surface area contributed by atoms with Crippen molar-refractivity contribution < 1.29 is 14.0 Å². The second-order valence-corrected chi connectivity index (χ2v) is 10.7. The van der Waals surface area contributed by atoms with E-state index < -0.39 is 22.9 Å². The van der Waals surface area contributed by atoms with Gasteiger partial charge in [0, 0.05) is 28.7 Å². The molecule has 1 saturated carbocycles. The van der Waals surface area contributed by atoms with Crippen molar-refractivity contribution in [1.82, 2.24) is 4.90 Å². The molecule has 0 spiro atoms. The van der Waals surface area contributed by atoms with E-state index in [1.54, 1.807) is 12.2 Å². The predicted molar refractivity (Wildman–Crippen MR) is 113 cm³/mol. The molecule has 0 unspecified atom stereocenters. The predicted octanol–water partition coefficient (Wildman–Crippen LogP) is 4.42. The van der Waals surface area contributed by atoms with E-state index >= 15 is 0 Å². The summed E-state index contributed by atoms with van der Waals surface area (Å²) in [6.07, 6.45) is 8.97. The van der Waals surface area contributed by atoms with Gasteiger partial charge in [0.1, 0.15) is 6.07 Å². The Morgan fingerprint density at radius 1 is 1.20 bits per heavy atom. The van der Waals surface area contributed by atoms with Crippen LogP contribution in [0.1, 0.15) is 59.3 Å². The summed E-state index contributed by atoms with van der Waals surface area (Å²) < 4.78 is 14.7. The lowest BCUT2D eigenvalue weighted by Crippen LogP contribution is -2.56. The quantitative estimate of drug-likeness (QED) is 0.688. The fraction of sp³-hybridized carbons (Fsp3) is 0.720. The van der Waals surface area contributed by atoms with Crippen molar-refractivity contribution in [2.75, 3.05) is 26.3 Å². The van der Waals surface area contributed by atoms with Gasteiger partial charge in [-0.15, -0.1) is 0 Å². The molecule has 1 aliphatic heterocycles. The second-order valence-electron chi connectivity index (χ2n) is 10.7. The molecule has 0 aromatic carbocycles. The molecule has 4 atom stereocenters. The largest absolute Gasteiger partial charge is 0.303 e. The first-order valence-electron chi connectivity index (χ1n) is 11.4. The lowest BCUT2D eigenvalue weighted by molar-refractivity contribution is -0.131. The van der Waals surface area contributed by atoms with Gasteiger partial charge in [-0.2, -0.15) is 5.26 Å². The smallest absolute Gasteiger partial charge is 0.178 e. The number of allylic oxidation sites excluding steroid dienone is 4. The number of nitriles is 1. The molecular weight excluding hydrogens is 379 g/mol. The number of halogens is 1. The van der Waals surface area contributed by atoms with E-state index in [2.05, 4.69) is 11.0 Å². The Balaban J connectivity index is 1.74. The minimum atomic E-state index is -0.703. The summed E-state index contributed by atoms with van der Waals surface area (Å²) in [4.78, 5) is 28.4. The molecule has 162 valence electrons. The first-order chi connectivity index (χ1) is 14.2. The lowest BCUT2D eigenvalue weighted by atomic mass is 9.44. The fourth-order valence-electron chi connectivity index (χ4n) is 7.01. The first kappa shape index (κ1) is 21.4. The summed E-state index contributed by atoms with van der Waals surface area (Å²) in [5, 5.41) is 9.59. The minimum absolute atomic E-state index is 0.0352. The molecule has 4 aliphatic rings. The van der Waals surface area contributed by atoms with Crippen LogP contribution in [-0.4, -0.2) is 42.8 Å². The van der Waals surface area contributed by atoms with Crippen LogP contribution in [0.15, 0.2) is 23.3 Å². The highest BCUT2D eigenvalue weighted by molar-refractivity contribution is 6.04. The zero-order chi connectivity index (χ0) is 21.7. The van der Waals surface area contributed by atoms with Gasteiger partial charge < -0.3 is 4.90 Å². The molecule has 3 aliphatic carbocycles. The zero-order valence-corrected chi connectivity index (χ0v) is 18.5. The van der Waals surface area contributed by atoms with Gasteiger partial charge in [0.2, 0.25) is 0 Å². The molecule has 1 saturated heterocycles. The highest BCUT2D eigenvalue weighted by Gasteiger charge is 2.60. The Morgan fingerprint density at radius 2 is 1.90 bits per heavy atom. The number of fused-ring (bicyclic) bond motifs is 3. The van der Waals surface area contributed by atoms with Crippen molar-refractivity contribution >= 4 is 11.6 Å². The Morgan fingerprint density at radius 3 is 2.53 bits per heavy atom. The maximum absolute atomic E-state index is 14.7. The van der Waals surface area contributed by atoms with Gasteiger partial charge >= 0.3 is 0 Å². The second kappa shape index (κ2) is 7.41. The number of nitrogens with zero attached hydrogens (tertiary/aromatic N) is 2. The highest BCUT2D eigenvalue weighted by atomic mass is 19.1. The zero-order valence-electron chi connectivity index (χ0n) is 18.5. The standard InChI is InChI=1S/C25H33FN2O2/c1-23(2)20-7-8-25(16-26)13-18(15-28-9-5-4-6-10-28)19(29)11-21(25)24(20,3)12-17(14-27)22(23)30/h11-12,18,20H,4-10,13,15-16H2,1-3H3/t18-,20-,24-,25-/m0/s1. The summed E-state index contributed by atoms with van der Waals surface area (Å²) in [7, 11) is 0. The van der Waals surface area contributed by atoms with Gasteiger partial charge in [-0.3, -0.25) is 14.0 Å². The average molecular weight is 413 g/mol. The van der Waals surface area contributed by atoms with E-state index in [0.29, 0.717) is 19.4 Å². The minimum Gasteiger partial charge on any atom is -0.303 e. The number of rotatable bonds is 3. The first-order valence-corrected chi connectivity index (χ1v) is 11.4. The summed E-state index contributed by atoms with van der Waals surface area (Å²) >= 11 is 0. The number of piperidine rings is 1. The third-order valence-corrected chi connectivity index (χ3v) is 8.56. The van der Waals surface area contributed by atoms with Crippen LogP contribution in [0.4, 0.5) is 4.39 Å². The molecule has 5 heteroatoms. The number of carbonyl (C=O) groups excluding carboxylic acids is 2. The van der Waals surface area contributed by atoms with Crippen LogP contribution >= 0.6 is 0 Å². The lowest BCUT2D eigenvalue weighted by Gasteiger charge is -2.58. The highest BCUT2D eigenvalue weighted by Crippen LogP contribution is 2.64. The third kappa shape index (κ3) is 3.11. The topological polar surface area (TPSA) is 61.2 Å². The molecule has 0 radical (unpaired) electrons. The molecule has 0 N–H and O–H groups in total.